The number of para-hydroxylation sites is 1. The van der Waals surface area contributed by atoms with E-state index in [1.165, 1.54) is 0 Å². The third-order valence-electron chi connectivity index (χ3n) is 5.89. The number of aliphatic hydroxyl groups is 1. The molecule has 160 valence electrons. The first-order valence-electron chi connectivity index (χ1n) is 10.3. The van der Waals surface area contributed by atoms with Crippen molar-refractivity contribution in [1.29, 1.82) is 0 Å². The van der Waals surface area contributed by atoms with Crippen molar-refractivity contribution in [3.63, 3.8) is 0 Å². The number of methoxy groups -OCH3 is 2. The highest BCUT2D eigenvalue weighted by Gasteiger charge is 2.43. The molecule has 1 N–H and O–H groups in total. The number of fused-ring (bicyclic) bond motifs is 1. The van der Waals surface area contributed by atoms with Gasteiger partial charge in [-0.2, -0.15) is 0 Å². The Kier molecular flexibility index (Phi) is 6.23. The average Bonchev–Trinajstić information content (AvgIpc) is 2.83. The second-order valence-corrected chi connectivity index (χ2v) is 7.59. The van der Waals surface area contributed by atoms with Gasteiger partial charge in [-0.25, -0.2) is 0 Å². The molecular weight excluding hydrogens is 392 g/mol. The first kappa shape index (κ1) is 20.9. The summed E-state index contributed by atoms with van der Waals surface area (Å²) in [5.74, 6) is 1.52. The lowest BCUT2D eigenvalue weighted by Gasteiger charge is -2.39. The Morgan fingerprint density at radius 2 is 1.52 bits per heavy atom. The third kappa shape index (κ3) is 4.14. The number of hydrogen-bond acceptors (Lipinski definition) is 5. The topological polar surface area (TPSA) is 65.0 Å². The Morgan fingerprint density at radius 1 is 0.903 bits per heavy atom. The van der Waals surface area contributed by atoms with Gasteiger partial charge in [0.2, 0.25) is 0 Å². The van der Waals surface area contributed by atoms with Crippen LogP contribution in [0.4, 0.5) is 0 Å². The Balaban J connectivity index is 1.80. The number of aliphatic hydroxyl groups excluding tert-OH is 1. The van der Waals surface area contributed by atoms with Crippen LogP contribution in [-0.2, 0) is 0 Å². The zero-order valence-electron chi connectivity index (χ0n) is 17.7. The van der Waals surface area contributed by atoms with Gasteiger partial charge in [0.15, 0.2) is 5.78 Å². The van der Waals surface area contributed by atoms with Crippen LogP contribution in [0.5, 0.6) is 17.2 Å². The summed E-state index contributed by atoms with van der Waals surface area (Å²) >= 11 is 0. The van der Waals surface area contributed by atoms with Crippen LogP contribution in [-0.4, -0.2) is 31.7 Å². The van der Waals surface area contributed by atoms with Crippen LogP contribution in [0.1, 0.15) is 39.9 Å². The number of ether oxygens (including phenoxy) is 3. The second kappa shape index (κ2) is 9.23. The summed E-state index contributed by atoms with van der Waals surface area (Å²) in [7, 11) is 3.22. The maximum absolute atomic E-state index is 13.8. The summed E-state index contributed by atoms with van der Waals surface area (Å²) in [6, 6.07) is 22.5. The van der Waals surface area contributed by atoms with Crippen LogP contribution < -0.4 is 14.2 Å². The number of rotatable bonds is 7. The van der Waals surface area contributed by atoms with Gasteiger partial charge in [-0.3, -0.25) is 4.79 Å². The van der Waals surface area contributed by atoms with Gasteiger partial charge in [-0.1, -0.05) is 30.3 Å². The van der Waals surface area contributed by atoms with Crippen LogP contribution >= 0.6 is 0 Å². The summed E-state index contributed by atoms with van der Waals surface area (Å²) in [5, 5.41) is 9.82. The lowest BCUT2D eigenvalue weighted by molar-refractivity contribution is 0.0569. The monoisotopic (exact) mass is 418 g/mol. The Morgan fingerprint density at radius 3 is 2.13 bits per heavy atom. The van der Waals surface area contributed by atoms with E-state index < -0.39 is 12.0 Å². The molecule has 0 fully saturated rings. The van der Waals surface area contributed by atoms with E-state index in [9.17, 15) is 9.90 Å². The molecule has 3 aromatic carbocycles. The molecule has 1 heterocycles. The van der Waals surface area contributed by atoms with E-state index >= 15 is 0 Å². The van der Waals surface area contributed by atoms with E-state index in [2.05, 4.69) is 0 Å². The molecule has 31 heavy (non-hydrogen) atoms. The lowest BCUT2D eigenvalue weighted by Crippen LogP contribution is -2.36. The van der Waals surface area contributed by atoms with Gasteiger partial charge < -0.3 is 19.3 Å². The zero-order chi connectivity index (χ0) is 21.8. The molecule has 0 radical (unpaired) electrons. The summed E-state index contributed by atoms with van der Waals surface area (Å²) < 4.78 is 16.9. The fourth-order valence-electron chi connectivity index (χ4n) is 4.32. The second-order valence-electron chi connectivity index (χ2n) is 7.59. The minimum absolute atomic E-state index is 0.0132. The largest absolute Gasteiger partial charge is 0.497 e. The number of carbonyl (C=O) groups is 1. The first-order chi connectivity index (χ1) is 15.2. The molecule has 0 amide bonds. The molecule has 0 unspecified atom stereocenters. The van der Waals surface area contributed by atoms with Gasteiger partial charge in [0.1, 0.15) is 23.4 Å². The van der Waals surface area contributed by atoms with Crippen molar-refractivity contribution in [3.8, 4) is 17.2 Å². The fourth-order valence-corrected chi connectivity index (χ4v) is 4.32. The number of ketones is 1. The molecular formula is C26H26O5. The Bertz CT molecular complexity index is 1030. The number of Topliss-reactive ketones (excluding diaryl/α,β-unsaturated/α-hetero) is 1. The Labute approximate surface area is 182 Å². The van der Waals surface area contributed by atoms with Gasteiger partial charge in [-0.15, -0.1) is 0 Å². The molecule has 0 saturated carbocycles. The average molecular weight is 418 g/mol. The van der Waals surface area contributed by atoms with Gasteiger partial charge in [0.25, 0.3) is 0 Å². The fraction of sp³-hybridized carbons (Fsp3) is 0.269. The van der Waals surface area contributed by atoms with Crippen molar-refractivity contribution in [2.24, 2.45) is 5.92 Å². The molecule has 5 heteroatoms. The molecule has 4 rings (SSSR count). The SMILES string of the molecule is COc1ccc(C(=O)[C@@H]2[C@@H](CCO)c3ccccc3O[C@H]2c2ccc(OC)cc2)cc1. The minimum Gasteiger partial charge on any atom is -0.497 e. The van der Waals surface area contributed by atoms with Crippen molar-refractivity contribution >= 4 is 5.78 Å². The minimum atomic E-state index is -0.483. The van der Waals surface area contributed by atoms with Crippen molar-refractivity contribution in [2.45, 2.75) is 18.4 Å². The van der Waals surface area contributed by atoms with E-state index in [-0.39, 0.29) is 18.3 Å². The summed E-state index contributed by atoms with van der Waals surface area (Å²) in [6.45, 7) is -0.0132. The van der Waals surface area contributed by atoms with Crippen LogP contribution in [0.15, 0.2) is 72.8 Å². The Hall–Kier alpha value is -3.31. The molecule has 3 aromatic rings. The molecule has 1 aliphatic heterocycles. The van der Waals surface area contributed by atoms with E-state index in [0.717, 1.165) is 22.6 Å². The molecule has 5 nitrogen and oxygen atoms in total. The van der Waals surface area contributed by atoms with Gasteiger partial charge in [0, 0.05) is 18.1 Å². The van der Waals surface area contributed by atoms with Crippen molar-refractivity contribution in [1.82, 2.24) is 0 Å². The van der Waals surface area contributed by atoms with Crippen LogP contribution in [0.2, 0.25) is 0 Å². The normalized spacial score (nSPS) is 19.8. The molecule has 0 bridgehead atoms. The molecule has 0 aromatic heterocycles. The lowest BCUT2D eigenvalue weighted by atomic mass is 9.72. The van der Waals surface area contributed by atoms with E-state index in [0.29, 0.717) is 17.7 Å². The van der Waals surface area contributed by atoms with Crippen molar-refractivity contribution in [3.05, 3.63) is 89.5 Å². The standard InChI is InChI=1S/C26H26O5/c1-29-19-11-7-17(8-12-19)25(28)24-22(15-16-27)21-5-3-4-6-23(21)31-26(24)18-9-13-20(30-2)14-10-18/h3-14,22,24,26-27H,15-16H2,1-2H3/t22-,24-,26-/m0/s1. The smallest absolute Gasteiger partial charge is 0.170 e. The van der Waals surface area contributed by atoms with Gasteiger partial charge >= 0.3 is 0 Å². The number of carbonyl (C=O) groups excluding carboxylic acids is 1. The quantitative estimate of drug-likeness (QED) is 0.558. The predicted molar refractivity (Wildman–Crippen MR) is 118 cm³/mol. The number of hydrogen-bond donors (Lipinski definition) is 1. The highest BCUT2D eigenvalue weighted by atomic mass is 16.5. The van der Waals surface area contributed by atoms with Crippen LogP contribution in [0.3, 0.4) is 0 Å². The summed E-state index contributed by atoms with van der Waals surface area (Å²) in [6.07, 6.45) is -0.00785. The van der Waals surface area contributed by atoms with Crippen LogP contribution in [0, 0.1) is 5.92 Å². The van der Waals surface area contributed by atoms with E-state index in [1.807, 2.05) is 48.5 Å². The maximum Gasteiger partial charge on any atom is 0.170 e. The van der Waals surface area contributed by atoms with Crippen molar-refractivity contribution < 1.29 is 24.1 Å². The van der Waals surface area contributed by atoms with Gasteiger partial charge in [-0.05, 0) is 60.0 Å². The predicted octanol–water partition coefficient (Wildman–Crippen LogP) is 4.80. The maximum atomic E-state index is 13.8. The number of benzene rings is 3. The third-order valence-corrected chi connectivity index (χ3v) is 5.89. The highest BCUT2D eigenvalue weighted by molar-refractivity contribution is 5.99. The highest BCUT2D eigenvalue weighted by Crippen LogP contribution is 2.49. The summed E-state index contributed by atoms with van der Waals surface area (Å²) in [4.78, 5) is 13.8. The van der Waals surface area contributed by atoms with Crippen LogP contribution in [0.25, 0.3) is 0 Å². The zero-order valence-corrected chi connectivity index (χ0v) is 17.7. The van der Waals surface area contributed by atoms with E-state index in [4.69, 9.17) is 14.2 Å². The van der Waals surface area contributed by atoms with E-state index in [1.54, 1.807) is 38.5 Å². The first-order valence-corrected chi connectivity index (χ1v) is 10.3. The molecule has 0 saturated heterocycles. The molecule has 0 aliphatic carbocycles. The van der Waals surface area contributed by atoms with Crippen molar-refractivity contribution in [2.75, 3.05) is 20.8 Å². The van der Waals surface area contributed by atoms with Gasteiger partial charge in [0.05, 0.1) is 20.1 Å². The summed E-state index contributed by atoms with van der Waals surface area (Å²) in [5.41, 5.74) is 2.44. The molecule has 1 aliphatic rings. The molecule has 0 spiro atoms. The molecule has 3 atom stereocenters.